The van der Waals surface area contributed by atoms with Crippen molar-refractivity contribution in [2.75, 3.05) is 20.1 Å². The molecule has 1 fully saturated rings. The fraction of sp³-hybridized carbons (Fsp3) is 0.750. The Balaban J connectivity index is 2.21. The number of aliphatic hydroxyl groups excluding tert-OH is 1. The van der Waals surface area contributed by atoms with Gasteiger partial charge in [0.05, 0.1) is 12.5 Å². The molecule has 3 amide bonds. The number of amides is 3. The van der Waals surface area contributed by atoms with Crippen molar-refractivity contribution in [3.8, 4) is 0 Å². The number of hydrogen-bond acceptors (Lipinski definition) is 8. The van der Waals surface area contributed by atoms with Gasteiger partial charge in [0.25, 0.3) is 11.8 Å². The first-order chi connectivity index (χ1) is 12.3. The quantitative estimate of drug-likeness (QED) is 0.190. The van der Waals surface area contributed by atoms with Gasteiger partial charge in [-0.05, 0) is 33.4 Å². The molecular formula is C16H28N4O6. The summed E-state index contributed by atoms with van der Waals surface area (Å²) in [4.78, 5) is 51.1. The Morgan fingerprint density at radius 2 is 1.85 bits per heavy atom. The second-order valence-corrected chi connectivity index (χ2v) is 6.05. The van der Waals surface area contributed by atoms with Crippen LogP contribution in [0.1, 0.15) is 45.4 Å². The topological polar surface area (TPSA) is 137 Å². The third-order valence-corrected chi connectivity index (χ3v) is 3.85. The molecule has 0 spiro atoms. The zero-order valence-electron chi connectivity index (χ0n) is 15.2. The summed E-state index contributed by atoms with van der Waals surface area (Å²) in [6.07, 6.45) is 1.62. The predicted octanol–water partition coefficient (Wildman–Crippen LogP) is -1.21. The van der Waals surface area contributed by atoms with E-state index >= 15 is 0 Å². The Bertz CT molecular complexity index is 495. The summed E-state index contributed by atoms with van der Waals surface area (Å²) in [6.45, 7) is 2.36. The maximum absolute atomic E-state index is 12.1. The number of carbonyl (C=O) groups is 4. The first kappa shape index (κ1) is 22.0. The van der Waals surface area contributed by atoms with Crippen molar-refractivity contribution in [2.24, 2.45) is 0 Å². The summed E-state index contributed by atoms with van der Waals surface area (Å²) in [5.41, 5.74) is 0. The molecule has 0 radical (unpaired) electrons. The van der Waals surface area contributed by atoms with Crippen LogP contribution in [0.5, 0.6) is 0 Å². The lowest BCUT2D eigenvalue weighted by Crippen LogP contribution is -2.43. The lowest BCUT2D eigenvalue weighted by atomic mass is 10.1. The van der Waals surface area contributed by atoms with E-state index in [0.717, 1.165) is 12.8 Å². The summed E-state index contributed by atoms with van der Waals surface area (Å²) in [5, 5.41) is 18.0. The molecular weight excluding hydrogens is 344 g/mol. The highest BCUT2D eigenvalue weighted by atomic mass is 16.7. The van der Waals surface area contributed by atoms with Crippen molar-refractivity contribution in [2.45, 2.75) is 57.7 Å². The number of likely N-dealkylation sites (N-methyl/N-ethyl adjacent to an activating group) is 1. The highest BCUT2D eigenvalue weighted by molar-refractivity contribution is 6.01. The highest BCUT2D eigenvalue weighted by Crippen LogP contribution is 2.12. The molecule has 1 heterocycles. The van der Waals surface area contributed by atoms with Crippen molar-refractivity contribution in [3.05, 3.63) is 0 Å². The number of nitrogens with one attached hydrogen (secondary N) is 3. The van der Waals surface area contributed by atoms with Crippen LogP contribution < -0.4 is 16.0 Å². The minimum atomic E-state index is -0.751. The van der Waals surface area contributed by atoms with E-state index in [2.05, 4.69) is 16.0 Å². The van der Waals surface area contributed by atoms with Gasteiger partial charge in [0.1, 0.15) is 6.23 Å². The second-order valence-electron chi connectivity index (χ2n) is 6.05. The molecule has 2 atom stereocenters. The SMILES string of the molecule is CNC(CCCCNC(C)O)C(=O)NCCC(=O)ON1C(=O)CCC1=O. The number of aliphatic hydroxyl groups is 1. The molecule has 1 rings (SSSR count). The van der Waals surface area contributed by atoms with Crippen LogP contribution in [0, 0.1) is 0 Å². The smallest absolute Gasteiger partial charge is 0.334 e. The monoisotopic (exact) mass is 372 g/mol. The zero-order valence-corrected chi connectivity index (χ0v) is 15.2. The van der Waals surface area contributed by atoms with Gasteiger partial charge < -0.3 is 20.6 Å². The van der Waals surface area contributed by atoms with Crippen molar-refractivity contribution < 1.29 is 29.1 Å². The van der Waals surface area contributed by atoms with E-state index in [0.29, 0.717) is 18.0 Å². The van der Waals surface area contributed by atoms with Gasteiger partial charge in [0.15, 0.2) is 0 Å². The Morgan fingerprint density at radius 1 is 1.19 bits per heavy atom. The van der Waals surface area contributed by atoms with Crippen molar-refractivity contribution >= 4 is 23.7 Å². The third-order valence-electron chi connectivity index (χ3n) is 3.85. The van der Waals surface area contributed by atoms with Gasteiger partial charge in [-0.2, -0.15) is 0 Å². The fourth-order valence-corrected chi connectivity index (χ4v) is 2.41. The van der Waals surface area contributed by atoms with Gasteiger partial charge in [-0.1, -0.05) is 6.42 Å². The van der Waals surface area contributed by atoms with E-state index in [1.165, 1.54) is 0 Å². The summed E-state index contributed by atoms with van der Waals surface area (Å²) >= 11 is 0. The Labute approximate surface area is 152 Å². The molecule has 0 aliphatic carbocycles. The van der Waals surface area contributed by atoms with Crippen LogP contribution in [0.2, 0.25) is 0 Å². The van der Waals surface area contributed by atoms with Crippen LogP contribution in [-0.2, 0) is 24.0 Å². The number of carbonyl (C=O) groups excluding carboxylic acids is 4. The molecule has 1 aliphatic rings. The molecule has 0 bridgehead atoms. The first-order valence-corrected chi connectivity index (χ1v) is 8.78. The van der Waals surface area contributed by atoms with E-state index in [9.17, 15) is 19.2 Å². The van der Waals surface area contributed by atoms with Crippen LogP contribution in [-0.4, -0.2) is 66.3 Å². The minimum absolute atomic E-state index is 0.0411. The lowest BCUT2D eigenvalue weighted by Gasteiger charge is -2.16. The zero-order chi connectivity index (χ0) is 19.5. The van der Waals surface area contributed by atoms with Crippen LogP contribution >= 0.6 is 0 Å². The maximum atomic E-state index is 12.1. The van der Waals surface area contributed by atoms with Crippen LogP contribution in [0.15, 0.2) is 0 Å². The van der Waals surface area contributed by atoms with Gasteiger partial charge in [0, 0.05) is 19.4 Å². The van der Waals surface area contributed by atoms with Crippen LogP contribution in [0.4, 0.5) is 0 Å². The number of hydrogen-bond donors (Lipinski definition) is 4. The average Bonchev–Trinajstić information content (AvgIpc) is 2.89. The molecule has 0 aromatic heterocycles. The van der Waals surface area contributed by atoms with Gasteiger partial charge in [-0.3, -0.25) is 19.7 Å². The summed E-state index contributed by atoms with van der Waals surface area (Å²) in [6, 6.07) is -0.390. The van der Waals surface area contributed by atoms with Crippen LogP contribution in [0.3, 0.4) is 0 Å². The molecule has 148 valence electrons. The third kappa shape index (κ3) is 7.89. The number of rotatable bonds is 12. The van der Waals surface area contributed by atoms with E-state index in [1.807, 2.05) is 0 Å². The average molecular weight is 372 g/mol. The highest BCUT2D eigenvalue weighted by Gasteiger charge is 2.32. The predicted molar refractivity (Wildman–Crippen MR) is 91.2 cm³/mol. The largest absolute Gasteiger partial charge is 0.379 e. The summed E-state index contributed by atoms with van der Waals surface area (Å²) in [5.74, 6) is -2.06. The van der Waals surface area contributed by atoms with Crippen molar-refractivity contribution in [1.29, 1.82) is 0 Å². The maximum Gasteiger partial charge on any atom is 0.334 e. The molecule has 10 nitrogen and oxygen atoms in total. The molecule has 2 unspecified atom stereocenters. The van der Waals surface area contributed by atoms with E-state index in [1.54, 1.807) is 14.0 Å². The molecule has 4 N–H and O–H groups in total. The Kier molecular flexibility index (Phi) is 9.78. The van der Waals surface area contributed by atoms with Crippen molar-refractivity contribution in [3.63, 3.8) is 0 Å². The molecule has 0 aromatic rings. The Hall–Kier alpha value is -2.04. The van der Waals surface area contributed by atoms with E-state index < -0.39 is 24.0 Å². The lowest BCUT2D eigenvalue weighted by molar-refractivity contribution is -0.197. The van der Waals surface area contributed by atoms with Gasteiger partial charge in [-0.25, -0.2) is 4.79 Å². The molecule has 26 heavy (non-hydrogen) atoms. The second kappa shape index (κ2) is 11.6. The van der Waals surface area contributed by atoms with Crippen LogP contribution in [0.25, 0.3) is 0 Å². The van der Waals surface area contributed by atoms with Crippen molar-refractivity contribution in [1.82, 2.24) is 21.0 Å². The van der Waals surface area contributed by atoms with Gasteiger partial charge >= 0.3 is 5.97 Å². The fourth-order valence-electron chi connectivity index (χ4n) is 2.41. The summed E-state index contributed by atoms with van der Waals surface area (Å²) < 4.78 is 0. The standard InChI is InChI=1S/C16H28N4O6/c1-11(21)18-9-4-3-5-12(17-2)16(25)19-10-8-15(24)26-20-13(22)6-7-14(20)23/h11-12,17-18,21H,3-10H2,1-2H3,(H,19,25). The van der Waals surface area contributed by atoms with E-state index in [-0.39, 0.29) is 37.8 Å². The molecule has 10 heteroatoms. The van der Waals surface area contributed by atoms with Gasteiger partial charge in [-0.15, -0.1) is 5.06 Å². The van der Waals surface area contributed by atoms with E-state index in [4.69, 9.17) is 9.94 Å². The Morgan fingerprint density at radius 3 is 2.42 bits per heavy atom. The van der Waals surface area contributed by atoms with Gasteiger partial charge in [0.2, 0.25) is 5.91 Å². The summed E-state index contributed by atoms with van der Waals surface area (Å²) in [7, 11) is 1.68. The molecule has 0 aromatic carbocycles. The number of hydroxylamine groups is 2. The minimum Gasteiger partial charge on any atom is -0.379 e. The number of imide groups is 1. The number of unbranched alkanes of at least 4 members (excludes halogenated alkanes) is 1. The molecule has 1 aliphatic heterocycles. The normalized spacial score (nSPS) is 16.5. The molecule has 0 saturated carbocycles. The number of nitrogens with zero attached hydrogens (tertiary/aromatic N) is 1. The first-order valence-electron chi connectivity index (χ1n) is 8.78. The molecule has 1 saturated heterocycles.